The van der Waals surface area contributed by atoms with Gasteiger partial charge in [-0.15, -0.1) is 0 Å². The number of esters is 1. The van der Waals surface area contributed by atoms with Crippen LogP contribution in [0.5, 0.6) is 0 Å². The zero-order valence-electron chi connectivity index (χ0n) is 16.0. The van der Waals surface area contributed by atoms with Crippen molar-refractivity contribution in [1.82, 2.24) is 15.1 Å². The van der Waals surface area contributed by atoms with E-state index in [2.05, 4.69) is 10.4 Å². The number of hydrogen-bond acceptors (Lipinski definition) is 4. The molecule has 0 radical (unpaired) electrons. The minimum atomic E-state index is -0.307. The van der Waals surface area contributed by atoms with Crippen LogP contribution in [0.3, 0.4) is 0 Å². The number of amides is 1. The summed E-state index contributed by atoms with van der Waals surface area (Å²) in [4.78, 5) is 24.4. The van der Waals surface area contributed by atoms with E-state index in [9.17, 15) is 9.59 Å². The number of benzene rings is 1. The third-order valence-corrected chi connectivity index (χ3v) is 4.63. The van der Waals surface area contributed by atoms with E-state index in [1.165, 1.54) is 0 Å². The zero-order chi connectivity index (χ0) is 19.2. The van der Waals surface area contributed by atoms with E-state index in [-0.39, 0.29) is 30.9 Å². The number of nitrogens with one attached hydrogen (secondary N) is 1. The Hall–Kier alpha value is -2.63. The molecule has 6 nitrogen and oxygen atoms in total. The third kappa shape index (κ3) is 4.76. The average molecular weight is 369 g/mol. The number of rotatable bonds is 6. The van der Waals surface area contributed by atoms with Crippen molar-refractivity contribution in [2.24, 2.45) is 0 Å². The molecule has 0 bridgehead atoms. The monoisotopic (exact) mass is 369 g/mol. The summed E-state index contributed by atoms with van der Waals surface area (Å²) in [5.74, 6) is -0.529. The molecule has 0 unspecified atom stereocenters. The van der Waals surface area contributed by atoms with E-state index in [0.717, 1.165) is 49.0 Å². The number of carbonyl (C=O) groups is 2. The van der Waals surface area contributed by atoms with Gasteiger partial charge < -0.3 is 10.1 Å². The number of nitrogens with zero attached hydrogens (tertiary/aromatic N) is 2. The maximum atomic E-state index is 12.7. The molecule has 144 valence electrons. The molecule has 0 saturated carbocycles. The fraction of sp³-hybridized carbons (Fsp3) is 0.476. The first kappa shape index (κ1) is 19.1. The summed E-state index contributed by atoms with van der Waals surface area (Å²) < 4.78 is 7.00. The molecule has 0 spiro atoms. The number of carbonyl (C=O) groups excluding carboxylic acids is 2. The summed E-state index contributed by atoms with van der Waals surface area (Å²) >= 11 is 0. The minimum Gasteiger partial charge on any atom is -0.463 e. The zero-order valence-corrected chi connectivity index (χ0v) is 16.0. The molecule has 1 heterocycles. The van der Waals surface area contributed by atoms with Crippen molar-refractivity contribution < 1.29 is 14.3 Å². The van der Waals surface area contributed by atoms with E-state index < -0.39 is 0 Å². The number of aromatic nitrogens is 2. The van der Waals surface area contributed by atoms with Gasteiger partial charge in [0.1, 0.15) is 0 Å². The van der Waals surface area contributed by atoms with Crippen molar-refractivity contribution in [3.05, 3.63) is 47.3 Å². The average Bonchev–Trinajstić information content (AvgIpc) is 2.83. The van der Waals surface area contributed by atoms with Crippen LogP contribution >= 0.6 is 0 Å². The molecule has 2 aromatic rings. The fourth-order valence-electron chi connectivity index (χ4n) is 3.42. The van der Waals surface area contributed by atoms with Crippen LogP contribution in [0.15, 0.2) is 30.3 Å². The van der Waals surface area contributed by atoms with E-state index in [1.807, 2.05) is 48.9 Å². The van der Waals surface area contributed by atoms with Crippen molar-refractivity contribution in [2.45, 2.75) is 58.5 Å². The molecular formula is C21H27N3O3. The van der Waals surface area contributed by atoms with Crippen LogP contribution in [0, 0.1) is 0 Å². The fourth-order valence-corrected chi connectivity index (χ4v) is 3.42. The van der Waals surface area contributed by atoms with Crippen LogP contribution in [-0.4, -0.2) is 34.3 Å². The van der Waals surface area contributed by atoms with Crippen LogP contribution in [-0.2, 0) is 22.4 Å². The highest BCUT2D eigenvalue weighted by Gasteiger charge is 2.24. The van der Waals surface area contributed by atoms with Crippen LogP contribution in [0.4, 0.5) is 0 Å². The molecule has 1 N–H and O–H groups in total. The van der Waals surface area contributed by atoms with Gasteiger partial charge in [-0.25, -0.2) is 4.68 Å². The Labute approximate surface area is 159 Å². The van der Waals surface area contributed by atoms with Gasteiger partial charge in [0.2, 0.25) is 0 Å². The first-order chi connectivity index (χ1) is 13.1. The molecule has 0 aliphatic heterocycles. The summed E-state index contributed by atoms with van der Waals surface area (Å²) in [5.41, 5.74) is 3.62. The molecule has 3 rings (SSSR count). The van der Waals surface area contributed by atoms with Crippen molar-refractivity contribution in [3.8, 4) is 5.69 Å². The lowest BCUT2D eigenvalue weighted by atomic mass is 10.1. The Bertz CT molecular complexity index is 797. The Balaban J connectivity index is 1.77. The SMILES string of the molecule is CC(C)OC(=O)CCNC(=O)c1nn(-c2ccccc2)c2c1CCCCC2. The van der Waals surface area contributed by atoms with Gasteiger partial charge in [0.05, 0.1) is 18.2 Å². The lowest BCUT2D eigenvalue weighted by molar-refractivity contribution is -0.147. The van der Waals surface area contributed by atoms with Crippen molar-refractivity contribution in [2.75, 3.05) is 6.54 Å². The molecule has 1 aliphatic carbocycles. The van der Waals surface area contributed by atoms with Gasteiger partial charge in [-0.2, -0.15) is 5.10 Å². The normalized spacial score (nSPS) is 13.7. The van der Waals surface area contributed by atoms with E-state index >= 15 is 0 Å². The Morgan fingerprint density at radius 1 is 1.15 bits per heavy atom. The molecule has 27 heavy (non-hydrogen) atoms. The molecule has 1 aromatic heterocycles. The smallest absolute Gasteiger partial charge is 0.307 e. The van der Waals surface area contributed by atoms with Gasteiger partial charge in [-0.1, -0.05) is 24.6 Å². The van der Waals surface area contributed by atoms with Crippen LogP contribution in [0.25, 0.3) is 5.69 Å². The second kappa shape index (κ2) is 8.84. The number of fused-ring (bicyclic) bond motifs is 1. The summed E-state index contributed by atoms with van der Waals surface area (Å²) in [7, 11) is 0. The van der Waals surface area contributed by atoms with Gasteiger partial charge >= 0.3 is 5.97 Å². The van der Waals surface area contributed by atoms with E-state index in [0.29, 0.717) is 5.69 Å². The standard InChI is InChI=1S/C21H27N3O3/c1-15(2)27-19(25)13-14-22-21(26)20-17-11-7-4-8-12-18(17)24(23-20)16-9-5-3-6-10-16/h3,5-6,9-10,15H,4,7-8,11-14H2,1-2H3,(H,22,26). The highest BCUT2D eigenvalue weighted by molar-refractivity contribution is 5.94. The number of ether oxygens (including phenoxy) is 1. The highest BCUT2D eigenvalue weighted by atomic mass is 16.5. The first-order valence-electron chi connectivity index (χ1n) is 9.70. The lowest BCUT2D eigenvalue weighted by Gasteiger charge is -2.08. The Morgan fingerprint density at radius 2 is 1.89 bits per heavy atom. The molecule has 1 amide bonds. The molecule has 1 aliphatic rings. The summed E-state index contributed by atoms with van der Waals surface area (Å²) in [6, 6.07) is 9.92. The van der Waals surface area contributed by atoms with Gasteiger partial charge in [-0.05, 0) is 51.7 Å². The van der Waals surface area contributed by atoms with E-state index in [4.69, 9.17) is 4.74 Å². The quantitative estimate of drug-likeness (QED) is 0.627. The Morgan fingerprint density at radius 3 is 2.63 bits per heavy atom. The predicted octanol–water partition coefficient (Wildman–Crippen LogP) is 3.21. The summed E-state index contributed by atoms with van der Waals surface area (Å²) in [5, 5.41) is 7.46. The number of hydrogen-bond donors (Lipinski definition) is 1. The van der Waals surface area contributed by atoms with Crippen molar-refractivity contribution in [3.63, 3.8) is 0 Å². The van der Waals surface area contributed by atoms with Crippen molar-refractivity contribution in [1.29, 1.82) is 0 Å². The topological polar surface area (TPSA) is 73.2 Å². The predicted molar refractivity (Wildman–Crippen MR) is 103 cm³/mol. The van der Waals surface area contributed by atoms with Gasteiger partial charge in [0.15, 0.2) is 5.69 Å². The van der Waals surface area contributed by atoms with Gasteiger partial charge in [0.25, 0.3) is 5.91 Å². The lowest BCUT2D eigenvalue weighted by Crippen LogP contribution is -2.28. The summed E-state index contributed by atoms with van der Waals surface area (Å²) in [6.07, 6.45) is 5.12. The molecule has 0 atom stereocenters. The van der Waals surface area contributed by atoms with Crippen molar-refractivity contribution >= 4 is 11.9 Å². The molecule has 0 saturated heterocycles. The highest BCUT2D eigenvalue weighted by Crippen LogP contribution is 2.26. The Kier molecular flexibility index (Phi) is 6.27. The number of para-hydroxylation sites is 1. The molecule has 1 aromatic carbocycles. The van der Waals surface area contributed by atoms with Gasteiger partial charge in [-0.3, -0.25) is 9.59 Å². The van der Waals surface area contributed by atoms with Crippen LogP contribution in [0.1, 0.15) is 61.3 Å². The largest absolute Gasteiger partial charge is 0.463 e. The second-order valence-electron chi connectivity index (χ2n) is 7.13. The maximum absolute atomic E-state index is 12.7. The summed E-state index contributed by atoms with van der Waals surface area (Å²) in [6.45, 7) is 3.86. The third-order valence-electron chi connectivity index (χ3n) is 4.63. The van der Waals surface area contributed by atoms with Gasteiger partial charge in [0, 0.05) is 17.8 Å². The molecule has 6 heteroatoms. The minimum absolute atomic E-state index is 0.148. The van der Waals surface area contributed by atoms with E-state index in [1.54, 1.807) is 0 Å². The molecule has 0 fully saturated rings. The maximum Gasteiger partial charge on any atom is 0.307 e. The first-order valence-corrected chi connectivity index (χ1v) is 9.70. The molecular weight excluding hydrogens is 342 g/mol. The van der Waals surface area contributed by atoms with Crippen LogP contribution in [0.2, 0.25) is 0 Å². The second-order valence-corrected chi connectivity index (χ2v) is 7.13. The van der Waals surface area contributed by atoms with Crippen LogP contribution < -0.4 is 5.32 Å².